The van der Waals surface area contributed by atoms with Gasteiger partial charge in [-0.25, -0.2) is 4.39 Å². The number of hydrogen-bond acceptors (Lipinski definition) is 3. The van der Waals surface area contributed by atoms with Crippen LogP contribution in [0.4, 0.5) is 4.39 Å². The second-order valence-corrected chi connectivity index (χ2v) is 6.22. The number of nitrogens with two attached hydrogens (primary N) is 1. The van der Waals surface area contributed by atoms with E-state index in [0.29, 0.717) is 18.8 Å². The van der Waals surface area contributed by atoms with Crippen molar-refractivity contribution in [2.24, 2.45) is 10.7 Å². The number of nitrogens with zero attached hydrogens (tertiary/aromatic N) is 1. The predicted octanol–water partition coefficient (Wildman–Crippen LogP) is 2.65. The van der Waals surface area contributed by atoms with E-state index in [4.69, 9.17) is 10.5 Å². The van der Waals surface area contributed by atoms with Gasteiger partial charge in [0.1, 0.15) is 11.6 Å². The molecular formula is C21H28FIN4O2. The van der Waals surface area contributed by atoms with Crippen LogP contribution < -0.4 is 21.1 Å². The summed E-state index contributed by atoms with van der Waals surface area (Å²) in [5.41, 5.74) is 7.12. The minimum atomic E-state index is -0.501. The number of halogens is 2. The molecule has 0 saturated carbocycles. The molecule has 0 aromatic heterocycles. The maximum absolute atomic E-state index is 13.2. The lowest BCUT2D eigenvalue weighted by Crippen LogP contribution is -2.38. The Labute approximate surface area is 188 Å². The smallest absolute Gasteiger partial charge is 0.255 e. The third-order valence-electron chi connectivity index (χ3n) is 3.91. The Balaban J connectivity index is 0.00000420. The van der Waals surface area contributed by atoms with Crippen molar-refractivity contribution in [2.45, 2.75) is 19.8 Å². The van der Waals surface area contributed by atoms with E-state index >= 15 is 0 Å². The SMILES string of the molecule is CCNC(=NCCc1ccc(OCC(N)=O)cc1)NCCc1cccc(F)c1.I. The number of benzene rings is 2. The van der Waals surface area contributed by atoms with Gasteiger partial charge in [0.2, 0.25) is 0 Å². The quantitative estimate of drug-likeness (QED) is 0.259. The van der Waals surface area contributed by atoms with Gasteiger partial charge in [0.25, 0.3) is 5.91 Å². The van der Waals surface area contributed by atoms with Crippen LogP contribution in [0.5, 0.6) is 5.75 Å². The summed E-state index contributed by atoms with van der Waals surface area (Å²) in [4.78, 5) is 15.3. The first-order chi connectivity index (χ1) is 13.6. The van der Waals surface area contributed by atoms with Gasteiger partial charge in [-0.1, -0.05) is 24.3 Å². The normalized spacial score (nSPS) is 10.8. The highest BCUT2D eigenvalue weighted by molar-refractivity contribution is 14.0. The van der Waals surface area contributed by atoms with Crippen LogP contribution in [-0.4, -0.2) is 38.1 Å². The number of nitrogens with one attached hydrogen (secondary N) is 2. The molecule has 0 spiro atoms. The third-order valence-corrected chi connectivity index (χ3v) is 3.91. The highest BCUT2D eigenvalue weighted by Crippen LogP contribution is 2.12. The van der Waals surface area contributed by atoms with Gasteiger partial charge in [-0.2, -0.15) is 0 Å². The number of aliphatic imine (C=N–C) groups is 1. The second-order valence-electron chi connectivity index (χ2n) is 6.22. The molecule has 0 bridgehead atoms. The van der Waals surface area contributed by atoms with Gasteiger partial charge in [0.05, 0.1) is 0 Å². The lowest BCUT2D eigenvalue weighted by atomic mass is 10.1. The summed E-state index contributed by atoms with van der Waals surface area (Å²) in [7, 11) is 0. The zero-order chi connectivity index (χ0) is 20.2. The van der Waals surface area contributed by atoms with Crippen molar-refractivity contribution in [2.75, 3.05) is 26.2 Å². The first-order valence-electron chi connectivity index (χ1n) is 9.33. The van der Waals surface area contributed by atoms with Crippen LogP contribution in [0, 0.1) is 5.82 Å². The lowest BCUT2D eigenvalue weighted by molar-refractivity contribution is -0.119. The van der Waals surface area contributed by atoms with Crippen molar-refractivity contribution >= 4 is 35.8 Å². The summed E-state index contributed by atoms with van der Waals surface area (Å²) in [6.07, 6.45) is 1.49. The number of amides is 1. The van der Waals surface area contributed by atoms with Gasteiger partial charge in [-0.3, -0.25) is 9.79 Å². The molecule has 8 heteroatoms. The average molecular weight is 514 g/mol. The molecule has 0 aliphatic heterocycles. The van der Waals surface area contributed by atoms with E-state index in [1.807, 2.05) is 37.3 Å². The van der Waals surface area contributed by atoms with E-state index in [9.17, 15) is 9.18 Å². The first kappa shape index (κ1) is 24.7. The fourth-order valence-corrected chi connectivity index (χ4v) is 2.56. The molecule has 0 saturated heterocycles. The molecule has 1 amide bonds. The Kier molecular flexibility index (Phi) is 11.7. The van der Waals surface area contributed by atoms with Gasteiger partial charge in [-0.05, 0) is 55.2 Å². The van der Waals surface area contributed by atoms with Gasteiger partial charge in [0, 0.05) is 19.6 Å². The second kappa shape index (κ2) is 13.8. The Morgan fingerprint density at radius 2 is 1.86 bits per heavy atom. The Bertz CT molecular complexity index is 785. The number of carbonyl (C=O) groups excluding carboxylic acids is 1. The summed E-state index contributed by atoms with van der Waals surface area (Å²) in [5, 5.41) is 6.47. The first-order valence-corrected chi connectivity index (χ1v) is 9.33. The number of carbonyl (C=O) groups is 1. The molecule has 158 valence electrons. The highest BCUT2D eigenvalue weighted by atomic mass is 127. The molecule has 2 aromatic rings. The summed E-state index contributed by atoms with van der Waals surface area (Å²) >= 11 is 0. The minimum absolute atomic E-state index is 0. The maximum Gasteiger partial charge on any atom is 0.255 e. The summed E-state index contributed by atoms with van der Waals surface area (Å²) in [5.74, 6) is 0.627. The fraction of sp³-hybridized carbons (Fsp3) is 0.333. The van der Waals surface area contributed by atoms with Crippen molar-refractivity contribution in [3.8, 4) is 5.75 Å². The van der Waals surface area contributed by atoms with E-state index in [1.165, 1.54) is 6.07 Å². The van der Waals surface area contributed by atoms with Crippen molar-refractivity contribution < 1.29 is 13.9 Å². The van der Waals surface area contributed by atoms with Gasteiger partial charge in [0.15, 0.2) is 12.6 Å². The molecule has 2 aromatic carbocycles. The molecule has 4 N–H and O–H groups in total. The number of guanidine groups is 1. The molecule has 0 fully saturated rings. The fourth-order valence-electron chi connectivity index (χ4n) is 2.56. The zero-order valence-corrected chi connectivity index (χ0v) is 18.8. The van der Waals surface area contributed by atoms with Gasteiger partial charge in [-0.15, -0.1) is 24.0 Å². The molecule has 2 rings (SSSR count). The largest absolute Gasteiger partial charge is 0.484 e. The van der Waals surface area contributed by atoms with E-state index in [2.05, 4.69) is 15.6 Å². The number of hydrogen-bond donors (Lipinski definition) is 3. The van der Waals surface area contributed by atoms with Crippen LogP contribution in [0.1, 0.15) is 18.1 Å². The Hall–Kier alpha value is -2.36. The Morgan fingerprint density at radius 3 is 2.52 bits per heavy atom. The van der Waals surface area contributed by atoms with Crippen molar-refractivity contribution in [3.05, 3.63) is 65.5 Å². The van der Waals surface area contributed by atoms with Crippen LogP contribution in [0.2, 0.25) is 0 Å². The molecule has 0 atom stereocenters. The van der Waals surface area contributed by atoms with E-state index in [1.54, 1.807) is 12.1 Å². The van der Waals surface area contributed by atoms with Crippen LogP contribution in [0.15, 0.2) is 53.5 Å². The number of primary amides is 1. The molecule has 6 nitrogen and oxygen atoms in total. The average Bonchev–Trinajstić information content (AvgIpc) is 2.67. The number of rotatable bonds is 10. The molecule has 0 radical (unpaired) electrons. The monoisotopic (exact) mass is 514 g/mol. The summed E-state index contributed by atoms with van der Waals surface area (Å²) in [6, 6.07) is 14.1. The Morgan fingerprint density at radius 1 is 1.10 bits per heavy atom. The third kappa shape index (κ3) is 10.1. The van der Waals surface area contributed by atoms with E-state index in [0.717, 1.165) is 36.5 Å². The predicted molar refractivity (Wildman–Crippen MR) is 124 cm³/mol. The van der Waals surface area contributed by atoms with E-state index in [-0.39, 0.29) is 36.4 Å². The van der Waals surface area contributed by atoms with Crippen molar-refractivity contribution in [1.82, 2.24) is 10.6 Å². The van der Waals surface area contributed by atoms with Crippen LogP contribution in [-0.2, 0) is 17.6 Å². The van der Waals surface area contributed by atoms with Gasteiger partial charge < -0.3 is 21.1 Å². The van der Waals surface area contributed by atoms with Crippen molar-refractivity contribution in [3.63, 3.8) is 0 Å². The summed E-state index contributed by atoms with van der Waals surface area (Å²) in [6.45, 7) is 3.93. The molecule has 0 aliphatic carbocycles. The molecular weight excluding hydrogens is 486 g/mol. The lowest BCUT2D eigenvalue weighted by Gasteiger charge is -2.11. The summed E-state index contributed by atoms with van der Waals surface area (Å²) < 4.78 is 18.5. The maximum atomic E-state index is 13.2. The van der Waals surface area contributed by atoms with Crippen LogP contribution in [0.3, 0.4) is 0 Å². The highest BCUT2D eigenvalue weighted by Gasteiger charge is 2.01. The topological polar surface area (TPSA) is 88.7 Å². The van der Waals surface area contributed by atoms with Gasteiger partial charge >= 0.3 is 0 Å². The minimum Gasteiger partial charge on any atom is -0.484 e. The van der Waals surface area contributed by atoms with Crippen molar-refractivity contribution in [1.29, 1.82) is 0 Å². The van der Waals surface area contributed by atoms with E-state index < -0.39 is 5.91 Å². The molecule has 29 heavy (non-hydrogen) atoms. The van der Waals surface area contributed by atoms with Crippen LogP contribution in [0.25, 0.3) is 0 Å². The number of ether oxygens (including phenoxy) is 1. The molecule has 0 heterocycles. The molecule has 0 aliphatic rings. The zero-order valence-electron chi connectivity index (χ0n) is 16.5. The van der Waals surface area contributed by atoms with Crippen LogP contribution >= 0.6 is 24.0 Å². The molecule has 0 unspecified atom stereocenters. The standard InChI is InChI=1S/C21H27FN4O2.HI/c1-2-24-21(26-13-11-17-4-3-5-18(22)14-17)25-12-10-16-6-8-19(9-7-16)28-15-20(23)27;/h3-9,14H,2,10-13,15H2,1H3,(H2,23,27)(H2,24,25,26);1H.